The van der Waals surface area contributed by atoms with Crippen LogP contribution in [0.4, 0.5) is 0 Å². The Hall–Kier alpha value is -1.59. The summed E-state index contributed by atoms with van der Waals surface area (Å²) in [5.74, 6) is 0.337. The number of nitrogens with zero attached hydrogens (tertiary/aromatic N) is 3. The minimum Gasteiger partial charge on any atom is -0.409 e. The predicted octanol–water partition coefficient (Wildman–Crippen LogP) is 1.70. The van der Waals surface area contributed by atoms with Crippen molar-refractivity contribution in [2.75, 3.05) is 26.2 Å². The topological polar surface area (TPSA) is 82.0 Å². The van der Waals surface area contributed by atoms with E-state index >= 15 is 0 Å². The average Bonchev–Trinajstić information content (AvgIpc) is 3.08. The Kier molecular flexibility index (Phi) is 6.40. The molecule has 0 saturated carbocycles. The highest BCUT2D eigenvalue weighted by Gasteiger charge is 2.28. The fourth-order valence-electron chi connectivity index (χ4n) is 4.30. The van der Waals surface area contributed by atoms with Crippen molar-refractivity contribution in [3.8, 4) is 11.5 Å². The number of sulfonamides is 1. The normalized spacial score (nSPS) is 26.0. The van der Waals surface area contributed by atoms with Crippen LogP contribution in [0.25, 0.3) is 11.5 Å². The zero-order valence-electron chi connectivity index (χ0n) is 17.4. The number of ether oxygens (including phenoxy) is 1. The lowest BCUT2D eigenvalue weighted by Crippen LogP contribution is -3.14. The van der Waals surface area contributed by atoms with Crippen LogP contribution in [0.2, 0.25) is 0 Å². The molecule has 1 aromatic heterocycles. The molecule has 30 heavy (non-hydrogen) atoms. The van der Waals surface area contributed by atoms with Gasteiger partial charge in [-0.3, -0.25) is 0 Å². The van der Waals surface area contributed by atoms with E-state index in [2.05, 4.69) is 18.9 Å². The van der Waals surface area contributed by atoms with E-state index < -0.39 is 10.0 Å². The van der Waals surface area contributed by atoms with Crippen molar-refractivity contribution in [1.29, 1.82) is 0 Å². The Bertz CT molecular complexity index is 1030. The van der Waals surface area contributed by atoms with Gasteiger partial charge in [-0.15, -0.1) is 5.10 Å². The lowest BCUT2D eigenvalue weighted by Gasteiger charge is -2.31. The van der Waals surface area contributed by atoms with Crippen molar-refractivity contribution < 1.29 is 22.5 Å². The Balaban J connectivity index is 1.56. The Morgan fingerprint density at radius 2 is 1.87 bits per heavy atom. The van der Waals surface area contributed by atoms with Gasteiger partial charge in [0.15, 0.2) is 6.67 Å². The number of hydrogen-bond donors (Lipinski definition) is 1. The fourth-order valence-corrected chi connectivity index (χ4v) is 6.04. The van der Waals surface area contributed by atoms with Crippen LogP contribution in [-0.4, -0.2) is 60.9 Å². The van der Waals surface area contributed by atoms with Gasteiger partial charge in [0.2, 0.25) is 15.9 Å². The third kappa shape index (κ3) is 4.67. The van der Waals surface area contributed by atoms with Crippen LogP contribution in [0, 0.1) is 4.84 Å². The van der Waals surface area contributed by atoms with E-state index in [1.54, 1.807) is 33.3 Å². The molecular formula is C20H29N4O4S2+. The Morgan fingerprint density at radius 1 is 1.17 bits per heavy atom. The van der Waals surface area contributed by atoms with Crippen LogP contribution in [0.3, 0.4) is 0 Å². The second-order valence-electron chi connectivity index (χ2n) is 8.24. The smallest absolute Gasteiger partial charge is 0.292 e. The quantitative estimate of drug-likeness (QED) is 0.694. The molecule has 2 atom stereocenters. The van der Waals surface area contributed by atoms with E-state index in [0.29, 0.717) is 31.2 Å². The molecule has 0 aliphatic carbocycles. The van der Waals surface area contributed by atoms with Gasteiger partial charge in [0.05, 0.1) is 4.90 Å². The van der Waals surface area contributed by atoms with E-state index in [1.807, 2.05) is 0 Å². The number of rotatable bonds is 5. The SMILES string of the molecule is C[C@@H]1C[NH+](Cn2nc(-c3cccc(S(=O)(=O)N4CCCCC4)c3)oc2=S)C[C@@H](C)O1. The molecule has 4 rings (SSSR count). The highest BCUT2D eigenvalue weighted by Crippen LogP contribution is 2.25. The minimum atomic E-state index is -3.52. The van der Waals surface area contributed by atoms with Crippen molar-refractivity contribution in [2.45, 2.75) is 56.9 Å². The third-order valence-corrected chi connectivity index (χ3v) is 7.82. The van der Waals surface area contributed by atoms with Crippen LogP contribution in [0.5, 0.6) is 0 Å². The predicted molar refractivity (Wildman–Crippen MR) is 114 cm³/mol. The number of aromatic nitrogens is 2. The second kappa shape index (κ2) is 8.88. The summed E-state index contributed by atoms with van der Waals surface area (Å²) in [5.41, 5.74) is 0.608. The molecule has 0 unspecified atom stereocenters. The van der Waals surface area contributed by atoms with Gasteiger partial charge in [-0.1, -0.05) is 12.5 Å². The average molecular weight is 454 g/mol. The minimum absolute atomic E-state index is 0.181. The first kappa shape index (κ1) is 21.6. The van der Waals surface area contributed by atoms with Crippen LogP contribution in [-0.2, 0) is 21.4 Å². The van der Waals surface area contributed by atoms with Gasteiger partial charge >= 0.3 is 0 Å². The zero-order chi connectivity index (χ0) is 21.3. The molecule has 1 N–H and O–H groups in total. The van der Waals surface area contributed by atoms with E-state index in [0.717, 1.165) is 32.4 Å². The van der Waals surface area contributed by atoms with Gasteiger partial charge in [0.1, 0.15) is 25.3 Å². The molecule has 1 aromatic carbocycles. The largest absolute Gasteiger partial charge is 0.409 e. The van der Waals surface area contributed by atoms with Crippen molar-refractivity contribution in [2.24, 2.45) is 0 Å². The van der Waals surface area contributed by atoms with Crippen LogP contribution < -0.4 is 4.90 Å². The van der Waals surface area contributed by atoms with Crippen LogP contribution in [0.1, 0.15) is 33.1 Å². The maximum absolute atomic E-state index is 13.0. The number of benzene rings is 1. The summed E-state index contributed by atoms with van der Waals surface area (Å²) in [7, 11) is -3.52. The van der Waals surface area contributed by atoms with Gasteiger partial charge < -0.3 is 14.1 Å². The fraction of sp³-hybridized carbons (Fsp3) is 0.600. The molecule has 10 heteroatoms. The van der Waals surface area contributed by atoms with Gasteiger partial charge in [0, 0.05) is 18.7 Å². The van der Waals surface area contributed by atoms with Gasteiger partial charge in [-0.05, 0) is 57.1 Å². The number of quaternary nitrogens is 1. The molecule has 164 valence electrons. The molecule has 0 bridgehead atoms. The molecule has 8 nitrogen and oxygen atoms in total. The van der Waals surface area contributed by atoms with Crippen LogP contribution >= 0.6 is 12.2 Å². The van der Waals surface area contributed by atoms with E-state index in [9.17, 15) is 8.42 Å². The number of nitrogens with one attached hydrogen (secondary N) is 1. The first-order valence-corrected chi connectivity index (χ1v) is 12.4. The summed E-state index contributed by atoms with van der Waals surface area (Å²) < 4.78 is 40.8. The molecular weight excluding hydrogens is 424 g/mol. The van der Waals surface area contributed by atoms with Crippen LogP contribution in [0.15, 0.2) is 33.6 Å². The number of morpholine rings is 1. The second-order valence-corrected chi connectivity index (χ2v) is 10.5. The Morgan fingerprint density at radius 3 is 2.57 bits per heavy atom. The van der Waals surface area contributed by atoms with Crippen molar-refractivity contribution in [3.63, 3.8) is 0 Å². The van der Waals surface area contributed by atoms with Crippen molar-refractivity contribution in [3.05, 3.63) is 29.1 Å². The summed E-state index contributed by atoms with van der Waals surface area (Å²) in [6.45, 7) is 7.61. The monoisotopic (exact) mass is 453 g/mol. The van der Waals surface area contributed by atoms with Gasteiger partial charge in [0.25, 0.3) is 4.84 Å². The lowest BCUT2D eigenvalue weighted by molar-refractivity contribution is -0.937. The lowest BCUT2D eigenvalue weighted by atomic mass is 10.2. The molecule has 2 saturated heterocycles. The third-order valence-electron chi connectivity index (χ3n) is 5.63. The van der Waals surface area contributed by atoms with Gasteiger partial charge in [-0.25, -0.2) is 8.42 Å². The summed E-state index contributed by atoms with van der Waals surface area (Å²) in [5, 5.41) is 4.54. The van der Waals surface area contributed by atoms with Crippen molar-refractivity contribution >= 4 is 22.2 Å². The first-order valence-electron chi connectivity index (χ1n) is 10.5. The highest BCUT2D eigenvalue weighted by molar-refractivity contribution is 7.89. The molecule has 2 fully saturated rings. The molecule has 0 amide bonds. The number of hydrogen-bond acceptors (Lipinski definition) is 6. The molecule has 2 aromatic rings. The Labute approximate surface area is 182 Å². The molecule has 0 spiro atoms. The van der Waals surface area contributed by atoms with E-state index in [4.69, 9.17) is 21.4 Å². The first-order chi connectivity index (χ1) is 14.3. The summed E-state index contributed by atoms with van der Waals surface area (Å²) in [6, 6.07) is 6.77. The van der Waals surface area contributed by atoms with Gasteiger partial charge in [-0.2, -0.15) is 8.99 Å². The summed E-state index contributed by atoms with van der Waals surface area (Å²) in [4.78, 5) is 1.87. The molecule has 2 aliphatic heterocycles. The summed E-state index contributed by atoms with van der Waals surface area (Å²) >= 11 is 5.37. The molecule has 3 heterocycles. The maximum atomic E-state index is 13.0. The summed E-state index contributed by atoms with van der Waals surface area (Å²) in [6.07, 6.45) is 3.24. The standard InChI is InChI=1S/C20H28N4O4S2/c1-15-12-22(13-16(2)27-15)14-24-20(29)28-19(21-24)17-7-6-8-18(11-17)30(25,26)23-9-4-3-5-10-23/h6-8,11,15-16H,3-5,9-10,12-14H2,1-2H3/p+1/t15-,16-/m1/s1. The molecule has 2 aliphatic rings. The maximum Gasteiger partial charge on any atom is 0.292 e. The van der Waals surface area contributed by atoms with Crippen molar-refractivity contribution in [1.82, 2.24) is 14.1 Å². The zero-order valence-corrected chi connectivity index (χ0v) is 19.0. The number of piperidine rings is 1. The molecule has 0 radical (unpaired) electrons. The highest BCUT2D eigenvalue weighted by atomic mass is 32.2. The van der Waals surface area contributed by atoms with E-state index in [1.165, 1.54) is 4.90 Å². The van der Waals surface area contributed by atoms with E-state index in [-0.39, 0.29) is 21.9 Å².